The molecule has 5 aromatic heterocycles. The van der Waals surface area contributed by atoms with Crippen molar-refractivity contribution in [1.29, 1.82) is 0 Å². The van der Waals surface area contributed by atoms with Crippen molar-refractivity contribution in [3.8, 4) is 45.2 Å². The van der Waals surface area contributed by atoms with Crippen LogP contribution in [0.2, 0.25) is 0 Å². The number of β-amino-alcohol motifs (C(OH)–C–C–N with tert-alkyl or cyclic N) is 1. The summed E-state index contributed by atoms with van der Waals surface area (Å²) in [5.41, 5.74) is 13.6. The summed E-state index contributed by atoms with van der Waals surface area (Å²) < 4.78 is 30.4. The smallest absolute Gasteiger partial charge is 0.254 e. The Hall–Kier alpha value is -7.14. The van der Waals surface area contributed by atoms with Crippen LogP contribution in [0.4, 0.5) is 17.2 Å². The summed E-state index contributed by atoms with van der Waals surface area (Å²) in [7, 11) is 1.54. The molecule has 0 spiro atoms. The van der Waals surface area contributed by atoms with Gasteiger partial charge in [-0.25, -0.2) is 15.0 Å². The number of nitrogens with one attached hydrogen (secondary N) is 1. The first-order valence-electron chi connectivity index (χ1n) is 27.6. The second-order valence-electron chi connectivity index (χ2n) is 21.9. The number of methoxy groups -OCH3 is 1. The van der Waals surface area contributed by atoms with Gasteiger partial charge in [-0.2, -0.15) is 0 Å². The molecule has 0 radical (unpaired) electrons. The lowest BCUT2D eigenvalue weighted by atomic mass is 9.91. The molecule has 1 saturated carbocycles. The maximum Gasteiger partial charge on any atom is 0.254 e. The number of fused-ring (bicyclic) bond motifs is 2. The zero-order valence-electron chi connectivity index (χ0n) is 45.3. The van der Waals surface area contributed by atoms with Gasteiger partial charge in [0.25, 0.3) is 5.88 Å². The number of aryl methyl sites for hydroxylation is 1. The van der Waals surface area contributed by atoms with E-state index in [4.69, 9.17) is 34.2 Å². The summed E-state index contributed by atoms with van der Waals surface area (Å²) in [6, 6.07) is 17.8. The summed E-state index contributed by atoms with van der Waals surface area (Å²) in [4.78, 5) is 51.4. The molecule has 2 unspecified atom stereocenters. The molecular formula is C57H70N12O9S. The molecule has 2 bridgehead atoms. The Morgan fingerprint density at radius 2 is 1.68 bits per heavy atom. The number of ether oxygens (including phenoxy) is 4. The number of thiazole rings is 1. The molecule has 6 aromatic rings. The van der Waals surface area contributed by atoms with Crippen LogP contribution in [0.3, 0.4) is 0 Å². The Kier molecular flexibility index (Phi) is 15.9. The number of aliphatic hydroxyl groups is 1. The van der Waals surface area contributed by atoms with E-state index >= 15 is 0 Å². The molecule has 5 aliphatic rings. The number of para-hydroxylation sites is 1. The number of carbonyl (C=O) groups excluding carboxylic acids is 2. The van der Waals surface area contributed by atoms with Crippen molar-refractivity contribution >= 4 is 40.3 Å². The number of aromatic hydroxyl groups is 1. The van der Waals surface area contributed by atoms with Crippen LogP contribution in [0.1, 0.15) is 94.7 Å². The normalized spacial score (nSPS) is 23.2. The number of likely N-dealkylation sites (tertiary alicyclic amines) is 2. The largest absolute Gasteiger partial charge is 0.507 e. The van der Waals surface area contributed by atoms with E-state index in [9.17, 15) is 19.8 Å². The Labute approximate surface area is 463 Å². The van der Waals surface area contributed by atoms with Crippen molar-refractivity contribution in [2.75, 3.05) is 68.5 Å². The van der Waals surface area contributed by atoms with E-state index in [1.54, 1.807) is 23.7 Å². The number of pyridine rings is 2. The van der Waals surface area contributed by atoms with Crippen LogP contribution in [-0.2, 0) is 14.3 Å². The highest BCUT2D eigenvalue weighted by atomic mass is 32.1. The number of phenols is 1. The summed E-state index contributed by atoms with van der Waals surface area (Å²) in [5, 5.41) is 37.0. The fourth-order valence-electron chi connectivity index (χ4n) is 12.0. The second kappa shape index (κ2) is 23.3. The minimum absolute atomic E-state index is 0.0160. The van der Waals surface area contributed by atoms with Crippen molar-refractivity contribution in [3.63, 3.8) is 0 Å². The quantitative estimate of drug-likeness (QED) is 0.0670. The van der Waals surface area contributed by atoms with Crippen LogP contribution in [0.5, 0.6) is 23.4 Å². The van der Waals surface area contributed by atoms with Gasteiger partial charge in [0.15, 0.2) is 11.6 Å². The summed E-state index contributed by atoms with van der Waals surface area (Å²) in [6.07, 6.45) is 7.08. The second-order valence-corrected chi connectivity index (χ2v) is 22.8. The van der Waals surface area contributed by atoms with Crippen LogP contribution in [-0.4, -0.2) is 158 Å². The lowest BCUT2D eigenvalue weighted by Crippen LogP contribution is -2.54. The number of aromatic nitrogens is 6. The van der Waals surface area contributed by atoms with Gasteiger partial charge in [-0.1, -0.05) is 26.0 Å². The molecule has 11 rings (SSSR count). The van der Waals surface area contributed by atoms with Gasteiger partial charge in [-0.15, -0.1) is 21.5 Å². The van der Waals surface area contributed by atoms with E-state index in [1.165, 1.54) is 23.3 Å². The molecule has 418 valence electrons. The Morgan fingerprint density at radius 1 is 0.899 bits per heavy atom. The molecule has 2 amide bonds. The molecule has 6 atom stereocenters. The molecule has 22 heteroatoms. The Morgan fingerprint density at radius 3 is 2.42 bits per heavy atom. The zero-order chi connectivity index (χ0) is 54.9. The van der Waals surface area contributed by atoms with Gasteiger partial charge in [0.1, 0.15) is 30.4 Å². The monoisotopic (exact) mass is 1100 g/mol. The van der Waals surface area contributed by atoms with Gasteiger partial charge in [0.05, 0.1) is 64.6 Å². The Bertz CT molecular complexity index is 3090. The molecule has 4 aliphatic heterocycles. The van der Waals surface area contributed by atoms with Crippen LogP contribution in [0.15, 0.2) is 76.9 Å². The molecular weight excluding hydrogens is 1030 g/mol. The fraction of sp³-hybridized carbons (Fsp3) is 0.509. The number of phenolic OH excluding ortho intramolecular Hbond substituents is 1. The minimum Gasteiger partial charge on any atom is -0.507 e. The van der Waals surface area contributed by atoms with E-state index in [2.05, 4.69) is 57.5 Å². The first kappa shape index (κ1) is 53.8. The maximum absolute atomic E-state index is 14.3. The summed E-state index contributed by atoms with van der Waals surface area (Å²) in [6.45, 7) is 12.0. The van der Waals surface area contributed by atoms with Crippen molar-refractivity contribution in [2.45, 2.75) is 127 Å². The third-order valence-electron chi connectivity index (χ3n) is 16.2. The number of anilines is 3. The van der Waals surface area contributed by atoms with Crippen molar-refractivity contribution in [2.24, 2.45) is 5.92 Å². The highest BCUT2D eigenvalue weighted by Gasteiger charge is 2.45. The van der Waals surface area contributed by atoms with Gasteiger partial charge >= 0.3 is 0 Å². The van der Waals surface area contributed by atoms with Gasteiger partial charge in [0, 0.05) is 106 Å². The van der Waals surface area contributed by atoms with Crippen LogP contribution in [0, 0.1) is 12.8 Å². The van der Waals surface area contributed by atoms with E-state index in [0.717, 1.165) is 92.3 Å². The number of carbonyl (C=O) groups is 2. The number of hydrogen-bond acceptors (Lipinski definition) is 20. The number of nitrogens with zero attached hydrogens (tertiary/aromatic N) is 10. The topological polar surface area (TPSA) is 253 Å². The number of amides is 2. The van der Waals surface area contributed by atoms with E-state index in [1.807, 2.05) is 64.2 Å². The van der Waals surface area contributed by atoms with Crippen molar-refractivity contribution < 1.29 is 43.3 Å². The van der Waals surface area contributed by atoms with Gasteiger partial charge < -0.3 is 59.4 Å². The lowest BCUT2D eigenvalue weighted by Gasteiger charge is -2.43. The number of nitrogen functional groups attached to an aromatic ring is 1. The molecule has 5 N–H and O–H groups in total. The molecule has 21 nitrogen and oxygen atoms in total. The third-order valence-corrected chi connectivity index (χ3v) is 17.2. The van der Waals surface area contributed by atoms with Crippen LogP contribution < -0.4 is 35.1 Å². The number of rotatable bonds is 19. The molecule has 4 saturated heterocycles. The molecule has 9 heterocycles. The summed E-state index contributed by atoms with van der Waals surface area (Å²) >= 11 is 1.49. The number of hydrogen-bond donors (Lipinski definition) is 4. The average molecular weight is 1100 g/mol. The maximum atomic E-state index is 14.3. The van der Waals surface area contributed by atoms with Gasteiger partial charge in [-0.3, -0.25) is 14.5 Å². The van der Waals surface area contributed by atoms with Crippen molar-refractivity contribution in [1.82, 2.24) is 45.4 Å². The van der Waals surface area contributed by atoms with Crippen molar-refractivity contribution in [3.05, 3.63) is 89.4 Å². The van der Waals surface area contributed by atoms with Gasteiger partial charge in [0.2, 0.25) is 23.6 Å². The third kappa shape index (κ3) is 11.6. The minimum atomic E-state index is -0.895. The standard InChI is InChI=1S/C57H70N12O9S/c1-32(2)52(57(73)68-30-38(70)23-47(68)55(72)61-33(3)42-12-13-44(62-56(42)74-5)53-34(4)60-31-79-53)49-27-51(65-78-49)75-21-20-66-18-15-39(16-19-66)76-40-24-41(25-40)77-50-22-35(14-17-59-50)69-36-10-11-37(69)29-67(28-36)46-26-45(63-64-54(46)58)43-8-6-7-9-48(43)71/h6-9,12-14,17,22,26-27,31-33,36-41,47,52,70-71H,10-11,15-16,18-21,23-25,28-30H2,1-5H3,(H2,58,64)(H,61,72)/t33-,36?,37?,38+,40?,41?,47-,52+/m0/s1. The number of nitrogens with two attached hydrogens (primary N) is 1. The number of piperazine rings is 1. The van der Waals surface area contributed by atoms with E-state index < -0.39 is 24.1 Å². The van der Waals surface area contributed by atoms with E-state index in [-0.39, 0.29) is 72.7 Å². The molecule has 1 aliphatic carbocycles. The van der Waals surface area contributed by atoms with Crippen LogP contribution >= 0.6 is 11.3 Å². The molecule has 1 aromatic carbocycles. The van der Waals surface area contributed by atoms with Crippen LogP contribution in [0.25, 0.3) is 21.8 Å². The fourth-order valence-corrected chi connectivity index (χ4v) is 12.8. The first-order valence-corrected chi connectivity index (χ1v) is 28.4. The first-order chi connectivity index (χ1) is 38.3. The molecule has 79 heavy (non-hydrogen) atoms. The number of aliphatic hydroxyl groups excluding tert-OH is 1. The van der Waals surface area contributed by atoms with Gasteiger partial charge in [-0.05, 0) is 87.0 Å². The zero-order valence-corrected chi connectivity index (χ0v) is 46.1. The highest BCUT2D eigenvalue weighted by molar-refractivity contribution is 7.13. The molecule has 5 fully saturated rings. The predicted molar refractivity (Wildman–Crippen MR) is 296 cm³/mol. The predicted octanol–water partition coefficient (Wildman–Crippen LogP) is 6.56. The Balaban J connectivity index is 0.606. The summed E-state index contributed by atoms with van der Waals surface area (Å²) in [5.74, 6) is 0.504. The van der Waals surface area contributed by atoms with E-state index in [0.29, 0.717) is 53.3 Å². The number of piperidine rings is 1. The number of benzene rings is 1. The lowest BCUT2D eigenvalue weighted by molar-refractivity contribution is -0.141. The average Bonchev–Trinajstić information content (AvgIpc) is 4.36. The highest BCUT2D eigenvalue weighted by Crippen LogP contribution is 2.41. The SMILES string of the molecule is COc1nc(-c2scnc2C)ccc1[C@H](C)NC(=O)[C@@H]1C[C@@H](O)CN1C(=O)[C@@H](c1cc(OCCN2CCC(OC3CC(Oc4cc(N5C6CCC5CN(c5cc(-c7ccccc7O)nnc5N)C6)ccn4)C3)CC2)no1)C(C)C.